The molecule has 2 aromatic carbocycles. The van der Waals surface area contributed by atoms with Crippen molar-refractivity contribution in [1.29, 1.82) is 0 Å². The fourth-order valence-corrected chi connectivity index (χ4v) is 2.73. The lowest BCUT2D eigenvalue weighted by Crippen LogP contribution is -2.12. The molecule has 7 nitrogen and oxygen atoms in total. The average Bonchev–Trinajstić information content (AvgIpc) is 3.08. The van der Waals surface area contributed by atoms with Crippen molar-refractivity contribution in [3.63, 3.8) is 0 Å². The highest BCUT2D eigenvalue weighted by Crippen LogP contribution is 2.19. The van der Waals surface area contributed by atoms with Gasteiger partial charge in [0.25, 0.3) is 0 Å². The Balaban J connectivity index is 1.41. The molecule has 0 aliphatic carbocycles. The van der Waals surface area contributed by atoms with E-state index in [-0.39, 0.29) is 13.2 Å². The molecule has 1 aromatic heterocycles. The zero-order valence-electron chi connectivity index (χ0n) is 17.3. The fraction of sp³-hybridized carbons (Fsp3) is 0.304. The number of aromatic nitrogens is 1. The van der Waals surface area contributed by atoms with Crippen molar-refractivity contribution in [3.05, 3.63) is 71.1 Å². The summed E-state index contributed by atoms with van der Waals surface area (Å²) in [5.41, 5.74) is 2.17. The molecule has 0 saturated heterocycles. The molecule has 0 atom stereocenters. The monoisotopic (exact) mass is 411 g/mol. The van der Waals surface area contributed by atoms with Gasteiger partial charge in [-0.25, -0.2) is 4.79 Å². The van der Waals surface area contributed by atoms with Crippen molar-refractivity contribution in [3.8, 4) is 17.2 Å². The van der Waals surface area contributed by atoms with Crippen LogP contribution in [-0.2, 0) is 11.3 Å². The largest absolute Gasteiger partial charge is 0.494 e. The molecule has 0 amide bonds. The molecule has 7 heteroatoms. The van der Waals surface area contributed by atoms with Gasteiger partial charge in [0.15, 0.2) is 0 Å². The van der Waals surface area contributed by atoms with Gasteiger partial charge in [-0.2, -0.15) is 0 Å². The molecule has 1 heterocycles. The average molecular weight is 411 g/mol. The molecule has 3 rings (SSSR count). The molecule has 0 aliphatic rings. The molecule has 0 radical (unpaired) electrons. The number of hydrogen-bond donors (Lipinski definition) is 0. The summed E-state index contributed by atoms with van der Waals surface area (Å²) in [5, 5.41) is 3.90. The van der Waals surface area contributed by atoms with Crippen molar-refractivity contribution < 1.29 is 28.3 Å². The highest BCUT2D eigenvalue weighted by molar-refractivity contribution is 5.89. The first-order chi connectivity index (χ1) is 14.6. The minimum atomic E-state index is -0.414. The van der Waals surface area contributed by atoms with E-state index < -0.39 is 5.97 Å². The molecule has 0 aliphatic heterocycles. The normalized spacial score (nSPS) is 10.5. The Morgan fingerprint density at radius 1 is 0.867 bits per heavy atom. The summed E-state index contributed by atoms with van der Waals surface area (Å²) >= 11 is 0. The number of esters is 1. The highest BCUT2D eigenvalue weighted by atomic mass is 16.6. The van der Waals surface area contributed by atoms with Gasteiger partial charge in [-0.05, 0) is 69.3 Å². The van der Waals surface area contributed by atoms with Crippen molar-refractivity contribution >= 4 is 5.97 Å². The van der Waals surface area contributed by atoms with E-state index in [4.69, 9.17) is 23.5 Å². The smallest absolute Gasteiger partial charge is 0.338 e. The second-order valence-corrected chi connectivity index (χ2v) is 6.50. The van der Waals surface area contributed by atoms with E-state index in [1.165, 1.54) is 0 Å². The van der Waals surface area contributed by atoms with Gasteiger partial charge < -0.3 is 23.5 Å². The Labute approximate surface area is 175 Å². The third kappa shape index (κ3) is 5.76. The van der Waals surface area contributed by atoms with E-state index in [9.17, 15) is 4.79 Å². The van der Waals surface area contributed by atoms with E-state index in [1.807, 2.05) is 45.0 Å². The van der Waals surface area contributed by atoms with E-state index in [2.05, 4.69) is 5.16 Å². The van der Waals surface area contributed by atoms with Crippen LogP contribution in [0.15, 0.2) is 53.1 Å². The maximum Gasteiger partial charge on any atom is 0.338 e. The molecule has 0 saturated carbocycles. The van der Waals surface area contributed by atoms with Crippen LogP contribution in [-0.4, -0.2) is 30.9 Å². The van der Waals surface area contributed by atoms with Crippen LogP contribution in [0.3, 0.4) is 0 Å². The fourth-order valence-electron chi connectivity index (χ4n) is 2.73. The third-order valence-electron chi connectivity index (χ3n) is 4.37. The van der Waals surface area contributed by atoms with E-state index in [0.29, 0.717) is 30.3 Å². The van der Waals surface area contributed by atoms with Crippen LogP contribution in [0, 0.1) is 13.8 Å². The van der Waals surface area contributed by atoms with Gasteiger partial charge in [-0.3, -0.25) is 0 Å². The summed E-state index contributed by atoms with van der Waals surface area (Å²) in [7, 11) is 0. The van der Waals surface area contributed by atoms with Crippen molar-refractivity contribution in [2.24, 2.45) is 0 Å². The first kappa shape index (κ1) is 21.2. The Hall–Kier alpha value is -3.48. The zero-order chi connectivity index (χ0) is 21.3. The Morgan fingerprint density at radius 3 is 2.07 bits per heavy atom. The van der Waals surface area contributed by atoms with E-state index in [1.54, 1.807) is 24.3 Å². The van der Waals surface area contributed by atoms with Crippen molar-refractivity contribution in [2.45, 2.75) is 27.4 Å². The Kier molecular flexibility index (Phi) is 7.32. The first-order valence-electron chi connectivity index (χ1n) is 9.74. The summed E-state index contributed by atoms with van der Waals surface area (Å²) in [6.07, 6.45) is 0. The summed E-state index contributed by atoms with van der Waals surface area (Å²) in [4.78, 5) is 12.2. The van der Waals surface area contributed by atoms with Gasteiger partial charge in [0.2, 0.25) is 0 Å². The van der Waals surface area contributed by atoms with Gasteiger partial charge in [-0.1, -0.05) is 5.16 Å². The minimum absolute atomic E-state index is 0.149. The Bertz CT molecular complexity index is 927. The number of ether oxygens (including phenoxy) is 4. The summed E-state index contributed by atoms with van der Waals surface area (Å²) in [5.74, 6) is 2.44. The molecule has 30 heavy (non-hydrogen) atoms. The maximum atomic E-state index is 12.2. The molecule has 158 valence electrons. The maximum absolute atomic E-state index is 12.2. The highest BCUT2D eigenvalue weighted by Gasteiger charge is 2.11. The molecule has 0 fully saturated rings. The number of hydrogen-bond acceptors (Lipinski definition) is 7. The molecule has 0 unspecified atom stereocenters. The lowest BCUT2D eigenvalue weighted by Gasteiger charge is -2.09. The van der Waals surface area contributed by atoms with Crippen LogP contribution in [0.1, 0.15) is 34.3 Å². The summed E-state index contributed by atoms with van der Waals surface area (Å²) in [6.45, 7) is 7.03. The van der Waals surface area contributed by atoms with Crippen molar-refractivity contribution in [1.82, 2.24) is 5.16 Å². The lowest BCUT2D eigenvalue weighted by molar-refractivity contribution is 0.0450. The number of carbonyl (C=O) groups excluding carboxylic acids is 1. The zero-order valence-corrected chi connectivity index (χ0v) is 17.3. The van der Waals surface area contributed by atoms with Crippen LogP contribution in [0.4, 0.5) is 0 Å². The number of rotatable bonds is 10. The standard InChI is InChI=1S/C23H25NO6/c1-4-26-19-9-11-20(12-10-19)27-13-14-28-23(25)18-5-7-21(8-6-18)29-15-22-16(2)24-30-17(22)3/h5-12H,4,13-15H2,1-3H3. The van der Waals surface area contributed by atoms with Crippen LogP contribution in [0.5, 0.6) is 17.2 Å². The van der Waals surface area contributed by atoms with Gasteiger partial charge in [0.1, 0.15) is 42.8 Å². The van der Waals surface area contributed by atoms with Gasteiger partial charge >= 0.3 is 5.97 Å². The van der Waals surface area contributed by atoms with Gasteiger partial charge in [0, 0.05) is 0 Å². The molecule has 0 N–H and O–H groups in total. The van der Waals surface area contributed by atoms with E-state index in [0.717, 1.165) is 22.8 Å². The number of aryl methyl sites for hydroxylation is 2. The first-order valence-corrected chi connectivity index (χ1v) is 9.74. The molecule has 3 aromatic rings. The second kappa shape index (κ2) is 10.3. The topological polar surface area (TPSA) is 80.0 Å². The van der Waals surface area contributed by atoms with Crippen LogP contribution >= 0.6 is 0 Å². The van der Waals surface area contributed by atoms with E-state index >= 15 is 0 Å². The summed E-state index contributed by atoms with van der Waals surface area (Å²) < 4.78 is 27.1. The van der Waals surface area contributed by atoms with Crippen LogP contribution < -0.4 is 14.2 Å². The van der Waals surface area contributed by atoms with Crippen LogP contribution in [0.25, 0.3) is 0 Å². The quantitative estimate of drug-likeness (QED) is 0.359. The second-order valence-electron chi connectivity index (χ2n) is 6.50. The molecular formula is C23H25NO6. The van der Waals surface area contributed by atoms with Crippen LogP contribution in [0.2, 0.25) is 0 Å². The van der Waals surface area contributed by atoms with Gasteiger partial charge in [0.05, 0.1) is 23.4 Å². The summed E-state index contributed by atoms with van der Waals surface area (Å²) in [6, 6.07) is 14.1. The molecule has 0 bridgehead atoms. The minimum Gasteiger partial charge on any atom is -0.494 e. The third-order valence-corrected chi connectivity index (χ3v) is 4.37. The lowest BCUT2D eigenvalue weighted by atomic mass is 10.2. The molecular weight excluding hydrogens is 386 g/mol. The number of nitrogens with zero attached hydrogens (tertiary/aromatic N) is 1. The number of carbonyl (C=O) groups is 1. The molecule has 0 spiro atoms. The predicted molar refractivity (Wildman–Crippen MR) is 110 cm³/mol. The Morgan fingerprint density at radius 2 is 1.47 bits per heavy atom. The predicted octanol–water partition coefficient (Wildman–Crippen LogP) is 4.50. The van der Waals surface area contributed by atoms with Gasteiger partial charge in [-0.15, -0.1) is 0 Å². The van der Waals surface area contributed by atoms with Crippen molar-refractivity contribution in [2.75, 3.05) is 19.8 Å². The number of benzene rings is 2. The SMILES string of the molecule is CCOc1ccc(OCCOC(=O)c2ccc(OCc3c(C)noc3C)cc2)cc1.